The molecule has 0 aromatic heterocycles. The van der Waals surface area contributed by atoms with E-state index in [-0.39, 0.29) is 0 Å². The second-order valence-corrected chi connectivity index (χ2v) is 6.39. The normalized spacial score (nSPS) is 14.2. The number of piperazine rings is 1. The number of rotatable bonds is 7. The van der Waals surface area contributed by atoms with Gasteiger partial charge in [-0.1, -0.05) is 17.7 Å². The Morgan fingerprint density at radius 3 is 2.07 bits per heavy atom. The highest BCUT2D eigenvalue weighted by Crippen LogP contribution is 2.24. The van der Waals surface area contributed by atoms with Crippen molar-refractivity contribution in [2.45, 2.75) is 20.8 Å². The molecular formula is C19H30N2O6. The van der Waals surface area contributed by atoms with E-state index in [2.05, 4.69) is 43.1 Å². The molecule has 8 nitrogen and oxygen atoms in total. The Morgan fingerprint density at radius 2 is 1.56 bits per heavy atom. The molecule has 1 aliphatic rings. The Labute approximate surface area is 160 Å². The van der Waals surface area contributed by atoms with E-state index < -0.39 is 11.9 Å². The summed E-state index contributed by atoms with van der Waals surface area (Å²) in [5, 5.41) is 18.1. The quantitative estimate of drug-likeness (QED) is 0.475. The van der Waals surface area contributed by atoms with Gasteiger partial charge in [0.25, 0.3) is 0 Å². The van der Waals surface area contributed by atoms with Gasteiger partial charge in [-0.15, -0.1) is 0 Å². The van der Waals surface area contributed by atoms with Gasteiger partial charge >= 0.3 is 11.9 Å². The molecule has 152 valence electrons. The van der Waals surface area contributed by atoms with Crippen LogP contribution in [0.5, 0.6) is 5.75 Å². The number of hydrogen-bond acceptors (Lipinski definition) is 6. The third-order valence-electron chi connectivity index (χ3n) is 4.02. The molecule has 0 radical (unpaired) electrons. The average molecular weight is 382 g/mol. The molecule has 0 atom stereocenters. The van der Waals surface area contributed by atoms with Crippen LogP contribution in [0.1, 0.15) is 16.7 Å². The van der Waals surface area contributed by atoms with Crippen molar-refractivity contribution >= 4 is 11.9 Å². The maximum Gasteiger partial charge on any atom is 0.414 e. The van der Waals surface area contributed by atoms with Crippen molar-refractivity contribution in [3.8, 4) is 5.75 Å². The lowest BCUT2D eigenvalue weighted by molar-refractivity contribution is -0.159. The molecule has 1 fully saturated rings. The molecule has 0 saturated carbocycles. The van der Waals surface area contributed by atoms with E-state index in [0.29, 0.717) is 13.2 Å². The van der Waals surface area contributed by atoms with Crippen LogP contribution in [0.15, 0.2) is 12.1 Å². The first-order valence-electron chi connectivity index (χ1n) is 8.99. The van der Waals surface area contributed by atoms with E-state index >= 15 is 0 Å². The summed E-state index contributed by atoms with van der Waals surface area (Å²) in [7, 11) is 0. The molecule has 1 heterocycles. The third-order valence-corrected chi connectivity index (χ3v) is 4.02. The summed E-state index contributed by atoms with van der Waals surface area (Å²) in [6, 6.07) is 4.32. The zero-order valence-electron chi connectivity index (χ0n) is 16.3. The van der Waals surface area contributed by atoms with E-state index in [9.17, 15) is 0 Å². The summed E-state index contributed by atoms with van der Waals surface area (Å²) in [4.78, 5) is 20.6. The Kier molecular flexibility index (Phi) is 10.4. The van der Waals surface area contributed by atoms with Crippen molar-refractivity contribution in [1.82, 2.24) is 10.2 Å². The lowest BCUT2D eigenvalue weighted by atomic mass is 10.1. The first-order chi connectivity index (χ1) is 12.8. The molecule has 0 bridgehead atoms. The van der Waals surface area contributed by atoms with Gasteiger partial charge in [0.2, 0.25) is 0 Å². The van der Waals surface area contributed by atoms with Gasteiger partial charge in [-0.2, -0.15) is 0 Å². The van der Waals surface area contributed by atoms with Gasteiger partial charge in [0.05, 0.1) is 13.2 Å². The fourth-order valence-electron chi connectivity index (χ4n) is 2.83. The highest BCUT2D eigenvalue weighted by Gasteiger charge is 2.09. The second-order valence-electron chi connectivity index (χ2n) is 6.39. The van der Waals surface area contributed by atoms with E-state index in [1.807, 2.05) is 0 Å². The predicted octanol–water partition coefficient (Wildman–Crippen LogP) is 1.07. The Hall–Kier alpha value is -2.16. The maximum atomic E-state index is 9.10. The summed E-state index contributed by atoms with van der Waals surface area (Å²) < 4.78 is 11.5. The van der Waals surface area contributed by atoms with Crippen LogP contribution in [0.4, 0.5) is 0 Å². The predicted molar refractivity (Wildman–Crippen MR) is 102 cm³/mol. The summed E-state index contributed by atoms with van der Waals surface area (Å²) >= 11 is 0. The van der Waals surface area contributed by atoms with Crippen LogP contribution < -0.4 is 10.1 Å². The van der Waals surface area contributed by atoms with Gasteiger partial charge in [0.1, 0.15) is 12.4 Å². The minimum atomic E-state index is -1.82. The smallest absolute Gasteiger partial charge is 0.414 e. The highest BCUT2D eigenvalue weighted by atomic mass is 16.5. The number of hydrogen-bond donors (Lipinski definition) is 3. The Morgan fingerprint density at radius 1 is 1.00 bits per heavy atom. The van der Waals surface area contributed by atoms with Crippen LogP contribution in [0.3, 0.4) is 0 Å². The van der Waals surface area contributed by atoms with Crippen LogP contribution in [0.25, 0.3) is 0 Å². The number of carboxylic acids is 2. The number of aliphatic carboxylic acids is 2. The van der Waals surface area contributed by atoms with E-state index in [0.717, 1.165) is 45.1 Å². The highest BCUT2D eigenvalue weighted by molar-refractivity contribution is 6.27. The number of nitrogens with one attached hydrogen (secondary N) is 1. The molecule has 8 heteroatoms. The zero-order valence-corrected chi connectivity index (χ0v) is 16.3. The summed E-state index contributed by atoms with van der Waals surface area (Å²) in [6.07, 6.45) is 0. The molecule has 1 aromatic rings. The first-order valence-corrected chi connectivity index (χ1v) is 8.99. The monoisotopic (exact) mass is 382 g/mol. The summed E-state index contributed by atoms with van der Waals surface area (Å²) in [5.41, 5.74) is 3.69. The number of carbonyl (C=O) groups is 2. The number of aryl methyl sites for hydroxylation is 3. The molecule has 0 amide bonds. The van der Waals surface area contributed by atoms with Crippen LogP contribution in [-0.2, 0) is 14.3 Å². The molecule has 27 heavy (non-hydrogen) atoms. The molecular weight excluding hydrogens is 352 g/mol. The largest absolute Gasteiger partial charge is 0.491 e. The van der Waals surface area contributed by atoms with Gasteiger partial charge in [0.15, 0.2) is 0 Å². The molecule has 2 rings (SSSR count). The molecule has 1 aromatic carbocycles. The van der Waals surface area contributed by atoms with Crippen LogP contribution in [0, 0.1) is 20.8 Å². The van der Waals surface area contributed by atoms with Crippen molar-refractivity contribution in [2.75, 3.05) is 52.5 Å². The van der Waals surface area contributed by atoms with E-state index in [1.165, 1.54) is 16.7 Å². The van der Waals surface area contributed by atoms with Crippen molar-refractivity contribution in [2.24, 2.45) is 0 Å². The topological polar surface area (TPSA) is 108 Å². The first kappa shape index (κ1) is 22.9. The molecule has 3 N–H and O–H groups in total. The van der Waals surface area contributed by atoms with Crippen molar-refractivity contribution < 1.29 is 29.3 Å². The summed E-state index contributed by atoms with van der Waals surface area (Å²) in [6.45, 7) is 13.8. The SMILES string of the molecule is Cc1cc(C)c(OCCOCCN2CCNCC2)c(C)c1.O=C(O)C(=O)O. The van der Waals surface area contributed by atoms with Crippen LogP contribution in [-0.4, -0.2) is 79.6 Å². The van der Waals surface area contributed by atoms with Crippen LogP contribution >= 0.6 is 0 Å². The Bertz CT molecular complexity index is 579. The molecule has 0 aliphatic carbocycles. The Balaban J connectivity index is 0.000000527. The van der Waals surface area contributed by atoms with Crippen molar-refractivity contribution in [3.05, 3.63) is 28.8 Å². The van der Waals surface area contributed by atoms with E-state index in [1.54, 1.807) is 0 Å². The van der Waals surface area contributed by atoms with Crippen LogP contribution in [0.2, 0.25) is 0 Å². The molecule has 0 spiro atoms. The van der Waals surface area contributed by atoms with Gasteiger partial charge in [0, 0.05) is 32.7 Å². The van der Waals surface area contributed by atoms with E-state index in [4.69, 9.17) is 29.3 Å². The fourth-order valence-corrected chi connectivity index (χ4v) is 2.83. The average Bonchev–Trinajstić information content (AvgIpc) is 2.61. The minimum Gasteiger partial charge on any atom is -0.491 e. The fraction of sp³-hybridized carbons (Fsp3) is 0.579. The standard InChI is InChI=1S/C17H28N2O2.C2H2O4/c1-14-12-15(2)17(16(3)13-14)21-11-10-20-9-8-19-6-4-18-5-7-19;3-1(4)2(5)6/h12-13,18H,4-11H2,1-3H3;(H,3,4)(H,5,6). The maximum absolute atomic E-state index is 9.10. The molecule has 1 aliphatic heterocycles. The minimum absolute atomic E-state index is 0.617. The van der Waals surface area contributed by atoms with Gasteiger partial charge < -0.3 is 25.0 Å². The number of carboxylic acid groups (broad SMARTS) is 2. The lowest BCUT2D eigenvalue weighted by Gasteiger charge is -2.26. The van der Waals surface area contributed by atoms with Gasteiger partial charge in [-0.25, -0.2) is 9.59 Å². The van der Waals surface area contributed by atoms with Gasteiger partial charge in [-0.3, -0.25) is 4.90 Å². The van der Waals surface area contributed by atoms with Crippen molar-refractivity contribution in [1.29, 1.82) is 0 Å². The van der Waals surface area contributed by atoms with Gasteiger partial charge in [-0.05, 0) is 31.9 Å². The second kappa shape index (κ2) is 12.3. The third kappa shape index (κ3) is 9.37. The molecule has 1 saturated heterocycles. The molecule has 0 unspecified atom stereocenters. The summed E-state index contributed by atoms with van der Waals surface area (Å²) in [5.74, 6) is -2.64. The number of nitrogens with zero attached hydrogens (tertiary/aromatic N) is 1. The number of ether oxygens (including phenoxy) is 2. The van der Waals surface area contributed by atoms with Crippen molar-refractivity contribution in [3.63, 3.8) is 0 Å². The zero-order chi connectivity index (χ0) is 20.2. The number of benzene rings is 1. The lowest BCUT2D eigenvalue weighted by Crippen LogP contribution is -2.44.